The van der Waals surface area contributed by atoms with Gasteiger partial charge in [0.15, 0.2) is 0 Å². The second-order valence-electron chi connectivity index (χ2n) is 6.20. The predicted molar refractivity (Wildman–Crippen MR) is 74.9 cm³/mol. The molecule has 1 atom stereocenters. The number of fused-ring (bicyclic) bond motifs is 1. The van der Waals surface area contributed by atoms with E-state index in [0.29, 0.717) is 5.69 Å². The van der Waals surface area contributed by atoms with Crippen LogP contribution >= 0.6 is 0 Å². The third kappa shape index (κ3) is 2.35. The van der Waals surface area contributed by atoms with Gasteiger partial charge < -0.3 is 9.84 Å². The molecule has 1 aromatic rings. The van der Waals surface area contributed by atoms with Crippen molar-refractivity contribution in [2.45, 2.75) is 45.3 Å². The summed E-state index contributed by atoms with van der Waals surface area (Å²) in [4.78, 5) is 25.3. The number of ether oxygens (including phenoxy) is 1. The summed E-state index contributed by atoms with van der Waals surface area (Å²) in [5, 5.41) is 9.51. The van der Waals surface area contributed by atoms with Crippen LogP contribution in [0.15, 0.2) is 24.3 Å². The first kappa shape index (κ1) is 14.4. The topological polar surface area (TPSA) is 66.8 Å². The van der Waals surface area contributed by atoms with Crippen molar-refractivity contribution in [3.8, 4) is 0 Å². The van der Waals surface area contributed by atoms with Gasteiger partial charge in [0.25, 0.3) is 0 Å². The molecule has 0 saturated carbocycles. The smallest absolute Gasteiger partial charge is 0.415 e. The number of amides is 1. The lowest BCUT2D eigenvalue weighted by Gasteiger charge is -2.33. The Kier molecular flexibility index (Phi) is 3.24. The van der Waals surface area contributed by atoms with Gasteiger partial charge in [0.1, 0.15) is 11.1 Å². The van der Waals surface area contributed by atoms with E-state index in [-0.39, 0.29) is 6.42 Å². The molecule has 0 radical (unpaired) electrons. The Morgan fingerprint density at radius 3 is 2.45 bits per heavy atom. The molecular formula is C15H19NO4. The fourth-order valence-corrected chi connectivity index (χ4v) is 2.37. The maximum Gasteiger partial charge on any atom is 0.415 e. The van der Waals surface area contributed by atoms with E-state index in [9.17, 15) is 14.7 Å². The number of benzene rings is 1. The summed E-state index contributed by atoms with van der Waals surface area (Å²) in [6, 6.07) is 7.19. The van der Waals surface area contributed by atoms with Crippen LogP contribution in [0.3, 0.4) is 0 Å². The zero-order valence-corrected chi connectivity index (χ0v) is 12.1. The van der Waals surface area contributed by atoms with Crippen molar-refractivity contribution in [3.63, 3.8) is 0 Å². The van der Waals surface area contributed by atoms with Crippen LogP contribution in [0.2, 0.25) is 0 Å². The van der Waals surface area contributed by atoms with Crippen LogP contribution in [0.1, 0.15) is 33.3 Å². The number of aliphatic carboxylic acids is 1. The molecule has 1 amide bonds. The number of para-hydroxylation sites is 1. The molecule has 1 aliphatic heterocycles. The summed E-state index contributed by atoms with van der Waals surface area (Å²) in [6.07, 6.45) is -0.357. The molecule has 108 valence electrons. The molecule has 1 aliphatic rings. The lowest BCUT2D eigenvalue weighted by molar-refractivity contribution is -0.142. The number of carboxylic acids is 1. The van der Waals surface area contributed by atoms with E-state index < -0.39 is 23.2 Å². The second kappa shape index (κ2) is 4.51. The normalized spacial score (nSPS) is 21.5. The summed E-state index contributed by atoms with van der Waals surface area (Å²) in [7, 11) is 0. The first-order chi connectivity index (χ1) is 9.15. The van der Waals surface area contributed by atoms with Crippen LogP contribution < -0.4 is 4.90 Å². The Bertz CT molecular complexity index is 561. The highest BCUT2D eigenvalue weighted by molar-refractivity contribution is 6.01. The molecule has 2 rings (SSSR count). The summed E-state index contributed by atoms with van der Waals surface area (Å²) in [6.45, 7) is 6.81. The summed E-state index contributed by atoms with van der Waals surface area (Å²) in [5.74, 6) is -1.04. The fraction of sp³-hybridized carbons (Fsp3) is 0.467. The third-order valence-electron chi connectivity index (χ3n) is 3.30. The maximum absolute atomic E-state index is 12.4. The monoisotopic (exact) mass is 277 g/mol. The van der Waals surface area contributed by atoms with E-state index in [0.717, 1.165) is 5.56 Å². The highest BCUT2D eigenvalue weighted by atomic mass is 16.6. The van der Waals surface area contributed by atoms with Crippen molar-refractivity contribution >= 4 is 17.7 Å². The Morgan fingerprint density at radius 2 is 1.90 bits per heavy atom. The molecule has 5 heteroatoms. The fourth-order valence-electron chi connectivity index (χ4n) is 2.37. The van der Waals surface area contributed by atoms with Crippen molar-refractivity contribution in [2.75, 3.05) is 4.90 Å². The van der Waals surface area contributed by atoms with Crippen LogP contribution in [0.4, 0.5) is 10.5 Å². The molecule has 0 bridgehead atoms. The van der Waals surface area contributed by atoms with Gasteiger partial charge in [-0.3, -0.25) is 4.90 Å². The Hall–Kier alpha value is -2.04. The quantitative estimate of drug-likeness (QED) is 0.857. The predicted octanol–water partition coefficient (Wildman–Crippen LogP) is 2.83. The molecule has 1 heterocycles. The Morgan fingerprint density at radius 1 is 1.30 bits per heavy atom. The van der Waals surface area contributed by atoms with Gasteiger partial charge in [0.2, 0.25) is 0 Å². The summed E-state index contributed by atoms with van der Waals surface area (Å²) < 4.78 is 5.35. The highest BCUT2D eigenvalue weighted by Gasteiger charge is 2.50. The minimum Gasteiger partial charge on any atom is -0.479 e. The molecule has 1 aromatic carbocycles. The van der Waals surface area contributed by atoms with Gasteiger partial charge in [-0.2, -0.15) is 0 Å². The van der Waals surface area contributed by atoms with Crippen LogP contribution in [-0.2, 0) is 16.0 Å². The standard InChI is InChI=1S/C15H19NO4/c1-14(2,3)20-13(19)16-11-8-6-5-7-10(11)9-15(16,4)12(17)18/h5-8H,9H2,1-4H3,(H,17,18)/t15-/m0/s1. The van der Waals surface area contributed by atoms with Gasteiger partial charge in [-0.15, -0.1) is 0 Å². The molecule has 20 heavy (non-hydrogen) atoms. The first-order valence-corrected chi connectivity index (χ1v) is 6.50. The van der Waals surface area contributed by atoms with Gasteiger partial charge in [-0.05, 0) is 39.3 Å². The largest absolute Gasteiger partial charge is 0.479 e. The molecule has 0 unspecified atom stereocenters. The van der Waals surface area contributed by atoms with Gasteiger partial charge >= 0.3 is 12.1 Å². The Labute approximate surface area is 118 Å². The molecular weight excluding hydrogens is 258 g/mol. The Balaban J connectivity index is 2.45. The van der Waals surface area contributed by atoms with E-state index in [2.05, 4.69) is 0 Å². The van der Waals surface area contributed by atoms with E-state index in [1.54, 1.807) is 39.8 Å². The van der Waals surface area contributed by atoms with Crippen molar-refractivity contribution in [1.82, 2.24) is 0 Å². The third-order valence-corrected chi connectivity index (χ3v) is 3.30. The van der Waals surface area contributed by atoms with E-state index in [4.69, 9.17) is 4.74 Å². The maximum atomic E-state index is 12.4. The van der Waals surface area contributed by atoms with Crippen molar-refractivity contribution in [1.29, 1.82) is 0 Å². The SMILES string of the molecule is CC(C)(C)OC(=O)N1c2ccccc2C[C@@]1(C)C(=O)O. The number of carbonyl (C=O) groups excluding carboxylic acids is 1. The van der Waals surface area contributed by atoms with Crippen molar-refractivity contribution in [2.24, 2.45) is 0 Å². The van der Waals surface area contributed by atoms with E-state index >= 15 is 0 Å². The summed E-state index contributed by atoms with van der Waals surface area (Å²) in [5.41, 5.74) is -0.546. The van der Waals surface area contributed by atoms with Crippen LogP contribution in [0.5, 0.6) is 0 Å². The van der Waals surface area contributed by atoms with Crippen molar-refractivity contribution in [3.05, 3.63) is 29.8 Å². The van der Waals surface area contributed by atoms with Gasteiger partial charge in [-0.25, -0.2) is 9.59 Å². The second-order valence-corrected chi connectivity index (χ2v) is 6.20. The average Bonchev–Trinajstić information content (AvgIpc) is 2.60. The number of rotatable bonds is 1. The van der Waals surface area contributed by atoms with Gasteiger partial charge in [0.05, 0.1) is 5.69 Å². The average molecular weight is 277 g/mol. The molecule has 0 aliphatic carbocycles. The van der Waals surface area contributed by atoms with Gasteiger partial charge in [-0.1, -0.05) is 18.2 Å². The number of nitrogens with zero attached hydrogens (tertiary/aromatic N) is 1. The van der Waals surface area contributed by atoms with Gasteiger partial charge in [0, 0.05) is 6.42 Å². The molecule has 5 nitrogen and oxygen atoms in total. The van der Waals surface area contributed by atoms with Crippen LogP contribution in [0, 0.1) is 0 Å². The lowest BCUT2D eigenvalue weighted by Crippen LogP contribution is -2.54. The number of carboxylic acid groups (broad SMARTS) is 1. The molecule has 0 spiro atoms. The number of hydrogen-bond acceptors (Lipinski definition) is 3. The zero-order valence-electron chi connectivity index (χ0n) is 12.1. The first-order valence-electron chi connectivity index (χ1n) is 6.50. The van der Waals surface area contributed by atoms with Crippen LogP contribution in [-0.4, -0.2) is 28.3 Å². The minimum absolute atomic E-state index is 0.276. The lowest BCUT2D eigenvalue weighted by atomic mass is 9.97. The molecule has 1 N–H and O–H groups in total. The zero-order chi connectivity index (χ0) is 15.1. The molecule has 0 saturated heterocycles. The van der Waals surface area contributed by atoms with E-state index in [1.807, 2.05) is 12.1 Å². The van der Waals surface area contributed by atoms with Crippen molar-refractivity contribution < 1.29 is 19.4 Å². The van der Waals surface area contributed by atoms with E-state index in [1.165, 1.54) is 4.90 Å². The van der Waals surface area contributed by atoms with Crippen LogP contribution in [0.25, 0.3) is 0 Å². The minimum atomic E-state index is -1.31. The molecule has 0 aromatic heterocycles. The highest BCUT2D eigenvalue weighted by Crippen LogP contribution is 2.39. The number of hydrogen-bond donors (Lipinski definition) is 1. The summed E-state index contributed by atoms with van der Waals surface area (Å²) >= 11 is 0. The molecule has 0 fully saturated rings. The number of anilines is 1. The number of carbonyl (C=O) groups is 2.